The van der Waals surface area contributed by atoms with Gasteiger partial charge in [0, 0.05) is 37.5 Å². The van der Waals surface area contributed by atoms with Crippen molar-refractivity contribution in [3.63, 3.8) is 0 Å². The molecule has 3 N–H and O–H groups in total. The van der Waals surface area contributed by atoms with Crippen LogP contribution in [0.4, 0.5) is 10.1 Å². The molecule has 0 amide bonds. The van der Waals surface area contributed by atoms with Crippen molar-refractivity contribution in [3.05, 3.63) is 52.1 Å². The minimum Gasteiger partial charge on any atom is -0.455 e. The molecule has 5 nitrogen and oxygen atoms in total. The maximum absolute atomic E-state index is 13.4. The Morgan fingerprint density at radius 3 is 2.72 bits per heavy atom. The van der Waals surface area contributed by atoms with Gasteiger partial charge in [-0.2, -0.15) is 0 Å². The second-order valence-corrected chi connectivity index (χ2v) is 6.53. The van der Waals surface area contributed by atoms with E-state index in [4.69, 9.17) is 33.4 Å². The molecular formula is C17H17Cl2FN4O. The lowest BCUT2D eigenvalue weighted by atomic mass is 10.1. The maximum atomic E-state index is 13.4. The van der Waals surface area contributed by atoms with Gasteiger partial charge >= 0.3 is 0 Å². The van der Waals surface area contributed by atoms with Crippen LogP contribution in [0.3, 0.4) is 0 Å². The van der Waals surface area contributed by atoms with Crippen LogP contribution in [0.25, 0.3) is 11.1 Å². The van der Waals surface area contributed by atoms with Crippen LogP contribution < -0.4 is 11.1 Å². The fourth-order valence-electron chi connectivity index (χ4n) is 2.39. The van der Waals surface area contributed by atoms with Gasteiger partial charge in [0.2, 0.25) is 0 Å². The van der Waals surface area contributed by atoms with Gasteiger partial charge in [-0.1, -0.05) is 23.2 Å². The average Bonchev–Trinajstić information content (AvgIpc) is 2.90. The molecule has 0 fully saturated rings. The van der Waals surface area contributed by atoms with Gasteiger partial charge in [-0.3, -0.25) is 4.98 Å². The van der Waals surface area contributed by atoms with E-state index in [1.807, 2.05) is 12.1 Å². The monoisotopic (exact) mass is 382 g/mol. The number of halogens is 3. The van der Waals surface area contributed by atoms with Crippen LogP contribution >= 0.6 is 23.2 Å². The normalized spacial score (nSPS) is 13.8. The number of fused-ring (bicyclic) bond motifs is 1. The topological polar surface area (TPSA) is 77.0 Å². The average molecular weight is 383 g/mol. The zero-order valence-corrected chi connectivity index (χ0v) is 15.0. The molecule has 25 heavy (non-hydrogen) atoms. The lowest BCUT2D eigenvalue weighted by Crippen LogP contribution is -2.31. The van der Waals surface area contributed by atoms with Crippen LogP contribution in [0, 0.1) is 0 Å². The summed E-state index contributed by atoms with van der Waals surface area (Å²) in [4.78, 5) is 8.20. The second kappa shape index (κ2) is 7.56. The van der Waals surface area contributed by atoms with Crippen molar-refractivity contribution >= 4 is 40.0 Å². The standard InChI is InChI=1S/C17H17Cl2FN4O/c1-9(20)11(21)6-13-15(19)16-17(25-13)12(7-14(18)24-16)23-8-10-2-4-22-5-3-10/h2-5,7,9,11H,6,8,21H2,1H3,(H,23,24)/t9-,11+/m0/s1. The van der Waals surface area contributed by atoms with Crippen LogP contribution in [-0.2, 0) is 13.0 Å². The summed E-state index contributed by atoms with van der Waals surface area (Å²) in [5.41, 5.74) is 8.38. The molecule has 0 spiro atoms. The van der Waals surface area contributed by atoms with Crippen molar-refractivity contribution in [2.24, 2.45) is 5.73 Å². The highest BCUT2D eigenvalue weighted by molar-refractivity contribution is 6.36. The highest BCUT2D eigenvalue weighted by atomic mass is 35.5. The molecule has 3 heterocycles. The van der Waals surface area contributed by atoms with E-state index in [1.165, 1.54) is 6.92 Å². The fourth-order valence-corrected chi connectivity index (χ4v) is 2.83. The Bertz CT molecular complexity index is 870. The minimum atomic E-state index is -1.18. The van der Waals surface area contributed by atoms with E-state index >= 15 is 0 Å². The van der Waals surface area contributed by atoms with Gasteiger partial charge in [-0.05, 0) is 24.6 Å². The molecular weight excluding hydrogens is 366 g/mol. The van der Waals surface area contributed by atoms with E-state index in [0.29, 0.717) is 34.1 Å². The van der Waals surface area contributed by atoms with E-state index in [-0.39, 0.29) is 11.6 Å². The molecule has 8 heteroatoms. The second-order valence-electron chi connectivity index (χ2n) is 5.76. The third kappa shape index (κ3) is 4.03. The molecule has 3 rings (SSSR count). The van der Waals surface area contributed by atoms with Gasteiger partial charge in [0.25, 0.3) is 0 Å². The zero-order valence-electron chi connectivity index (χ0n) is 13.5. The third-order valence-corrected chi connectivity index (χ3v) is 4.45. The maximum Gasteiger partial charge on any atom is 0.177 e. The molecule has 0 aliphatic rings. The fraction of sp³-hybridized carbons (Fsp3) is 0.294. The number of anilines is 1. The van der Waals surface area contributed by atoms with E-state index < -0.39 is 12.2 Å². The van der Waals surface area contributed by atoms with E-state index in [9.17, 15) is 4.39 Å². The third-order valence-electron chi connectivity index (χ3n) is 3.86. The van der Waals surface area contributed by atoms with Crippen molar-refractivity contribution in [3.8, 4) is 0 Å². The van der Waals surface area contributed by atoms with Crippen LogP contribution in [-0.4, -0.2) is 22.2 Å². The molecule has 0 saturated carbocycles. The Balaban J connectivity index is 1.92. The first-order valence-electron chi connectivity index (χ1n) is 7.75. The molecule has 0 radical (unpaired) electrons. The van der Waals surface area contributed by atoms with E-state index in [1.54, 1.807) is 18.5 Å². The highest BCUT2D eigenvalue weighted by Gasteiger charge is 2.22. The predicted octanol–water partition coefficient (Wildman–Crippen LogP) is 4.37. The molecule has 3 aromatic heterocycles. The van der Waals surface area contributed by atoms with Crippen molar-refractivity contribution in [2.75, 3.05) is 5.32 Å². The first-order valence-corrected chi connectivity index (χ1v) is 8.51. The summed E-state index contributed by atoms with van der Waals surface area (Å²) in [6.45, 7) is 1.95. The van der Waals surface area contributed by atoms with Crippen LogP contribution in [0.15, 0.2) is 35.0 Å². The number of rotatable bonds is 6. The Labute approximate surface area is 154 Å². The van der Waals surface area contributed by atoms with Crippen LogP contribution in [0.1, 0.15) is 18.2 Å². The summed E-state index contributed by atoms with van der Waals surface area (Å²) in [6.07, 6.45) is 2.43. The quantitative estimate of drug-likeness (QED) is 0.618. The summed E-state index contributed by atoms with van der Waals surface area (Å²) in [5, 5.41) is 3.84. The van der Waals surface area contributed by atoms with Gasteiger partial charge < -0.3 is 15.5 Å². The van der Waals surface area contributed by atoms with Gasteiger partial charge in [0.1, 0.15) is 27.6 Å². The molecule has 0 unspecified atom stereocenters. The van der Waals surface area contributed by atoms with E-state index in [2.05, 4.69) is 15.3 Å². The smallest absolute Gasteiger partial charge is 0.177 e. The number of nitrogens with one attached hydrogen (secondary N) is 1. The Kier molecular flexibility index (Phi) is 5.42. The van der Waals surface area contributed by atoms with Crippen LogP contribution in [0.2, 0.25) is 10.2 Å². The van der Waals surface area contributed by atoms with Crippen molar-refractivity contribution in [1.82, 2.24) is 9.97 Å². The predicted molar refractivity (Wildman–Crippen MR) is 97.8 cm³/mol. The van der Waals surface area contributed by atoms with Gasteiger partial charge in [0.15, 0.2) is 5.58 Å². The highest BCUT2D eigenvalue weighted by Crippen LogP contribution is 2.36. The minimum absolute atomic E-state index is 0.175. The number of hydrogen-bond donors (Lipinski definition) is 2. The lowest BCUT2D eigenvalue weighted by Gasteiger charge is -2.10. The number of nitrogens with zero attached hydrogens (tertiary/aromatic N) is 2. The molecule has 0 aliphatic carbocycles. The van der Waals surface area contributed by atoms with Crippen molar-refractivity contribution in [2.45, 2.75) is 32.1 Å². The number of nitrogens with two attached hydrogens (primary N) is 1. The molecule has 0 aromatic carbocycles. The number of hydrogen-bond acceptors (Lipinski definition) is 5. The summed E-state index contributed by atoms with van der Waals surface area (Å²) >= 11 is 12.4. The number of pyridine rings is 2. The molecule has 2 atom stereocenters. The molecule has 3 aromatic rings. The number of furan rings is 1. The van der Waals surface area contributed by atoms with Gasteiger partial charge in [0.05, 0.1) is 5.69 Å². The lowest BCUT2D eigenvalue weighted by molar-refractivity contribution is 0.296. The summed E-state index contributed by atoms with van der Waals surface area (Å²) in [6, 6.07) is 4.75. The summed E-state index contributed by atoms with van der Waals surface area (Å²) in [5.74, 6) is 0.399. The number of alkyl halides is 1. The van der Waals surface area contributed by atoms with Crippen molar-refractivity contribution in [1.29, 1.82) is 0 Å². The SMILES string of the molecule is C[C@H](F)[C@H](N)Cc1oc2c(NCc3ccncc3)cc(Cl)nc2c1Cl. The van der Waals surface area contributed by atoms with Crippen molar-refractivity contribution < 1.29 is 8.81 Å². The van der Waals surface area contributed by atoms with E-state index in [0.717, 1.165) is 5.56 Å². The zero-order chi connectivity index (χ0) is 18.0. The largest absolute Gasteiger partial charge is 0.455 e. The Morgan fingerprint density at radius 1 is 1.32 bits per heavy atom. The Hall–Kier alpha value is -1.89. The number of aromatic nitrogens is 2. The van der Waals surface area contributed by atoms with Gasteiger partial charge in [-0.25, -0.2) is 9.37 Å². The Morgan fingerprint density at radius 2 is 2.04 bits per heavy atom. The molecule has 0 saturated heterocycles. The molecule has 0 aliphatic heterocycles. The summed E-state index contributed by atoms with van der Waals surface area (Å²) in [7, 11) is 0. The first kappa shape index (κ1) is 17.9. The molecule has 0 bridgehead atoms. The van der Waals surface area contributed by atoms with Crippen LogP contribution in [0.5, 0.6) is 0 Å². The van der Waals surface area contributed by atoms with Gasteiger partial charge in [-0.15, -0.1) is 0 Å². The first-order chi connectivity index (χ1) is 12.0. The molecule has 132 valence electrons. The summed E-state index contributed by atoms with van der Waals surface area (Å²) < 4.78 is 19.2.